The third-order valence-electron chi connectivity index (χ3n) is 3.29. The number of nitrogens with one attached hydrogen (secondary N) is 2. The van der Waals surface area contributed by atoms with E-state index in [2.05, 4.69) is 14.7 Å². The van der Waals surface area contributed by atoms with Crippen LogP contribution in [0.5, 0.6) is 0 Å². The number of urea groups is 1. The van der Waals surface area contributed by atoms with Gasteiger partial charge in [-0.25, -0.2) is 10.3 Å². The summed E-state index contributed by atoms with van der Waals surface area (Å²) in [6.07, 6.45) is 5.30. The number of hydrogen-bond acceptors (Lipinski definition) is 4. The fourth-order valence-corrected chi connectivity index (χ4v) is 2.71. The van der Waals surface area contributed by atoms with E-state index in [9.17, 15) is 4.79 Å². The minimum absolute atomic E-state index is 0.181. The molecule has 3 heterocycles. The van der Waals surface area contributed by atoms with Gasteiger partial charge in [-0.15, -0.1) is 0 Å². The number of rotatable bonds is 1. The summed E-state index contributed by atoms with van der Waals surface area (Å²) in [4.78, 5) is 21.9. The van der Waals surface area contributed by atoms with E-state index in [-0.39, 0.29) is 12.4 Å². The van der Waals surface area contributed by atoms with Crippen molar-refractivity contribution in [3.05, 3.63) is 0 Å². The van der Waals surface area contributed by atoms with Crippen LogP contribution in [0.3, 0.4) is 0 Å². The summed E-state index contributed by atoms with van der Waals surface area (Å²) in [5, 5.41) is 10.5. The maximum Gasteiger partial charge on any atom is 0.323 e. The number of hydroxylamine groups is 1. The van der Waals surface area contributed by atoms with Crippen LogP contribution in [0.2, 0.25) is 0 Å². The summed E-state index contributed by atoms with van der Waals surface area (Å²) in [6.45, 7) is 8.41. The molecular formula is C13H29N4O3P. The number of fused-ring (bicyclic) bond motifs is 2. The van der Waals surface area contributed by atoms with E-state index in [1.165, 1.54) is 44.3 Å². The first-order valence-electron chi connectivity index (χ1n) is 7.57. The number of amides is 3. The van der Waals surface area contributed by atoms with E-state index in [1.54, 1.807) is 4.67 Å². The Labute approximate surface area is 129 Å². The Hall–Kier alpha value is -0.910. The molecule has 21 heavy (non-hydrogen) atoms. The largest absolute Gasteiger partial charge is 0.323 e. The molecule has 3 N–H and O–H groups in total. The van der Waals surface area contributed by atoms with Crippen molar-refractivity contribution >= 4 is 21.8 Å². The monoisotopic (exact) mass is 320 g/mol. The molecule has 7 nitrogen and oxygen atoms in total. The van der Waals surface area contributed by atoms with Gasteiger partial charge in [-0.1, -0.05) is 13.8 Å². The third-order valence-corrected chi connectivity index (χ3v) is 3.93. The SMILES string of the molecule is C1CCNC1.CC.O=C1N2CCCC(C2)N1P.O=CNO. The third kappa shape index (κ3) is 7.60. The molecule has 8 heteroatoms. The summed E-state index contributed by atoms with van der Waals surface area (Å²) in [6, 6.07) is 0.666. The molecule has 3 rings (SSSR count). The Morgan fingerprint density at radius 2 is 1.90 bits per heavy atom. The number of nitrogens with zero attached hydrogens (tertiary/aromatic N) is 2. The highest BCUT2D eigenvalue weighted by Gasteiger charge is 2.37. The highest BCUT2D eigenvalue weighted by molar-refractivity contribution is 7.14. The Morgan fingerprint density at radius 1 is 1.33 bits per heavy atom. The van der Waals surface area contributed by atoms with E-state index < -0.39 is 0 Å². The maximum absolute atomic E-state index is 11.2. The van der Waals surface area contributed by atoms with Crippen LogP contribution in [0.1, 0.15) is 39.5 Å². The lowest BCUT2D eigenvalue weighted by Crippen LogP contribution is -2.30. The molecule has 0 aromatic heterocycles. The van der Waals surface area contributed by atoms with Crippen LogP contribution in [0.4, 0.5) is 4.79 Å². The van der Waals surface area contributed by atoms with Crippen molar-refractivity contribution in [3.8, 4) is 0 Å². The topological polar surface area (TPSA) is 84.9 Å². The lowest BCUT2D eigenvalue weighted by atomic mass is 10.1. The molecule has 124 valence electrons. The fourth-order valence-electron chi connectivity index (χ4n) is 2.30. The van der Waals surface area contributed by atoms with Gasteiger partial charge >= 0.3 is 6.03 Å². The highest BCUT2D eigenvalue weighted by atomic mass is 31.0. The van der Waals surface area contributed by atoms with E-state index in [1.807, 2.05) is 18.7 Å². The minimum atomic E-state index is 0.181. The predicted molar refractivity (Wildman–Crippen MR) is 86.0 cm³/mol. The molecule has 3 aliphatic rings. The van der Waals surface area contributed by atoms with Gasteiger partial charge in [0, 0.05) is 13.1 Å². The van der Waals surface area contributed by atoms with Crippen molar-refractivity contribution in [1.82, 2.24) is 20.4 Å². The van der Waals surface area contributed by atoms with Crippen molar-refractivity contribution in [3.63, 3.8) is 0 Å². The smallest absolute Gasteiger partial charge is 0.322 e. The Balaban J connectivity index is 0.000000308. The molecule has 3 saturated heterocycles. The minimum Gasteiger partial charge on any atom is -0.322 e. The average molecular weight is 320 g/mol. The van der Waals surface area contributed by atoms with E-state index in [4.69, 9.17) is 10.0 Å². The maximum atomic E-state index is 11.2. The van der Waals surface area contributed by atoms with Gasteiger partial charge in [0.25, 0.3) is 0 Å². The summed E-state index contributed by atoms with van der Waals surface area (Å²) in [7, 11) is 2.50. The van der Waals surface area contributed by atoms with Crippen molar-refractivity contribution in [2.24, 2.45) is 0 Å². The van der Waals surface area contributed by atoms with Crippen LogP contribution in [0.25, 0.3) is 0 Å². The predicted octanol–water partition coefficient (Wildman–Crippen LogP) is 1.19. The quantitative estimate of drug-likeness (QED) is 0.293. The second-order valence-corrected chi connectivity index (χ2v) is 5.19. The number of carbonyl (C=O) groups excluding carboxylic acids is 2. The highest BCUT2D eigenvalue weighted by Crippen LogP contribution is 2.27. The summed E-state index contributed by atoms with van der Waals surface area (Å²) in [5.74, 6) is 0. The number of carbonyl (C=O) groups is 2. The Morgan fingerprint density at radius 3 is 2.24 bits per heavy atom. The van der Waals surface area contributed by atoms with Gasteiger partial charge in [0.15, 0.2) is 0 Å². The molecule has 0 saturated carbocycles. The Kier molecular flexibility index (Phi) is 12.2. The van der Waals surface area contributed by atoms with Crippen LogP contribution in [0.15, 0.2) is 0 Å². The zero-order chi connectivity index (χ0) is 16.1. The van der Waals surface area contributed by atoms with Crippen LogP contribution >= 0.6 is 9.39 Å². The first-order chi connectivity index (χ1) is 10.2. The van der Waals surface area contributed by atoms with Gasteiger partial charge in [0.1, 0.15) is 0 Å². The molecular weight excluding hydrogens is 291 g/mol. The van der Waals surface area contributed by atoms with Gasteiger partial charge in [-0.05, 0) is 48.2 Å². The first-order valence-corrected chi connectivity index (χ1v) is 8.09. The summed E-state index contributed by atoms with van der Waals surface area (Å²) in [5.41, 5.74) is 1.25. The molecule has 0 radical (unpaired) electrons. The van der Waals surface area contributed by atoms with Crippen LogP contribution in [-0.4, -0.2) is 59.4 Å². The van der Waals surface area contributed by atoms with Gasteiger partial charge in [-0.2, -0.15) is 0 Å². The molecule has 0 spiro atoms. The zero-order valence-corrected chi connectivity index (χ0v) is 14.2. The zero-order valence-electron chi connectivity index (χ0n) is 13.0. The van der Waals surface area contributed by atoms with Gasteiger partial charge in [0.05, 0.1) is 6.04 Å². The van der Waals surface area contributed by atoms with Crippen molar-refractivity contribution < 1.29 is 14.8 Å². The average Bonchev–Trinajstić information content (AvgIpc) is 3.20. The van der Waals surface area contributed by atoms with Gasteiger partial charge in [0.2, 0.25) is 6.41 Å². The van der Waals surface area contributed by atoms with E-state index >= 15 is 0 Å². The summed E-state index contributed by atoms with van der Waals surface area (Å²) >= 11 is 0. The standard InChI is InChI=1S/C6H11N2OP.C4H9N.C2H6.CH3NO2/c9-6-7-3-1-2-5(4-7)8(6)10;1-2-4-5-3-1;1-2;3-1-2-4/h5H,1-4,10H2;5H,1-4H2;1-2H3;1,4H,(H,2,3). The lowest BCUT2D eigenvalue weighted by Gasteiger charge is -2.19. The molecule has 3 amide bonds. The van der Waals surface area contributed by atoms with E-state index in [0.29, 0.717) is 6.04 Å². The molecule has 0 aromatic carbocycles. The molecule has 3 aliphatic heterocycles. The number of hydrogen-bond donors (Lipinski definition) is 3. The molecule has 0 aliphatic carbocycles. The van der Waals surface area contributed by atoms with Crippen molar-refractivity contribution in [1.29, 1.82) is 0 Å². The summed E-state index contributed by atoms with van der Waals surface area (Å²) < 4.78 is 1.78. The molecule has 0 aromatic rings. The molecule has 2 bridgehead atoms. The molecule has 3 fully saturated rings. The van der Waals surface area contributed by atoms with Crippen LogP contribution in [-0.2, 0) is 4.79 Å². The molecule has 2 atom stereocenters. The van der Waals surface area contributed by atoms with Crippen LogP contribution in [0, 0.1) is 0 Å². The Bertz CT molecular complexity index is 279. The normalized spacial score (nSPS) is 22.1. The van der Waals surface area contributed by atoms with Crippen molar-refractivity contribution in [2.45, 2.75) is 45.6 Å². The lowest BCUT2D eigenvalue weighted by molar-refractivity contribution is -0.116. The van der Waals surface area contributed by atoms with Crippen LogP contribution < -0.4 is 10.8 Å². The fraction of sp³-hybridized carbons (Fsp3) is 0.846. The first kappa shape index (κ1) is 20.1. The van der Waals surface area contributed by atoms with Gasteiger partial charge < -0.3 is 14.9 Å². The second-order valence-electron chi connectivity index (χ2n) is 4.64. The van der Waals surface area contributed by atoms with Gasteiger partial charge in [-0.3, -0.25) is 10.0 Å². The van der Waals surface area contributed by atoms with E-state index in [0.717, 1.165) is 13.1 Å². The van der Waals surface area contributed by atoms with Crippen molar-refractivity contribution in [2.75, 3.05) is 26.2 Å². The second kappa shape index (κ2) is 12.8. The molecule has 2 unspecified atom stereocenters. The number of piperidine rings is 1.